The Kier molecular flexibility index (Phi) is 5.20. The zero-order valence-electron chi connectivity index (χ0n) is 19.7. The summed E-state index contributed by atoms with van der Waals surface area (Å²) < 4.78 is 8.37. The van der Waals surface area contributed by atoms with Crippen molar-refractivity contribution in [1.29, 1.82) is 0 Å². The number of primary amides is 1. The molecule has 0 bridgehead atoms. The first kappa shape index (κ1) is 22.1. The van der Waals surface area contributed by atoms with E-state index in [2.05, 4.69) is 41.2 Å². The predicted octanol–water partition coefficient (Wildman–Crippen LogP) is 1.45. The van der Waals surface area contributed by atoms with Crippen molar-refractivity contribution in [3.63, 3.8) is 0 Å². The van der Waals surface area contributed by atoms with E-state index in [0.29, 0.717) is 22.2 Å². The SMILES string of the molecule is CC1(C)Cc2cc(NC(=O)c3cnn4cccnc34)c(N3CC[N+](C)(CC(N)=O)CC3)cc2O1. The van der Waals surface area contributed by atoms with Gasteiger partial charge >= 0.3 is 0 Å². The van der Waals surface area contributed by atoms with Gasteiger partial charge in [-0.05, 0) is 26.0 Å². The highest BCUT2D eigenvalue weighted by atomic mass is 16.5. The molecule has 10 nitrogen and oxygen atoms in total. The van der Waals surface area contributed by atoms with Crippen LogP contribution < -0.4 is 20.7 Å². The second-order valence-electron chi connectivity index (χ2n) is 10.1. The van der Waals surface area contributed by atoms with Gasteiger partial charge in [0.2, 0.25) is 0 Å². The molecule has 3 aromatic rings. The zero-order valence-corrected chi connectivity index (χ0v) is 19.7. The number of ether oxygens (including phenoxy) is 1. The van der Waals surface area contributed by atoms with Crippen molar-refractivity contribution in [3.05, 3.63) is 47.9 Å². The summed E-state index contributed by atoms with van der Waals surface area (Å²) in [5, 5.41) is 7.34. The summed E-state index contributed by atoms with van der Waals surface area (Å²) in [7, 11) is 2.05. The quantitative estimate of drug-likeness (QED) is 0.553. The lowest BCUT2D eigenvalue weighted by Gasteiger charge is -2.42. The molecule has 2 amide bonds. The van der Waals surface area contributed by atoms with Gasteiger partial charge in [-0.15, -0.1) is 0 Å². The van der Waals surface area contributed by atoms with Crippen molar-refractivity contribution in [2.24, 2.45) is 5.73 Å². The highest BCUT2D eigenvalue weighted by molar-refractivity contribution is 6.09. The van der Waals surface area contributed by atoms with E-state index in [1.807, 2.05) is 12.1 Å². The summed E-state index contributed by atoms with van der Waals surface area (Å²) in [6, 6.07) is 5.81. The minimum absolute atomic E-state index is 0.264. The van der Waals surface area contributed by atoms with Gasteiger partial charge in [0, 0.05) is 30.4 Å². The van der Waals surface area contributed by atoms with Crippen LogP contribution >= 0.6 is 0 Å². The Morgan fingerprint density at radius 3 is 2.76 bits per heavy atom. The monoisotopic (exact) mass is 464 g/mol. The van der Waals surface area contributed by atoms with Gasteiger partial charge in [0.25, 0.3) is 11.8 Å². The van der Waals surface area contributed by atoms with Gasteiger partial charge in [0.1, 0.15) is 16.9 Å². The highest BCUT2D eigenvalue weighted by Crippen LogP contribution is 2.42. The molecule has 1 saturated heterocycles. The average molecular weight is 465 g/mol. The first-order chi connectivity index (χ1) is 16.1. The standard InChI is InChI=1S/C24H29N7O3/c1-24(2)13-16-11-18(28-23(33)17-14-27-30-6-4-5-26-22(17)30)19(12-20(16)34-24)29-7-9-31(3,10-8-29)15-21(25)32/h4-6,11-12,14H,7-10,13,15H2,1-3H3,(H2-,25,28,32,33)/p+1. The summed E-state index contributed by atoms with van der Waals surface area (Å²) in [4.78, 5) is 31.3. The van der Waals surface area contributed by atoms with Gasteiger partial charge in [-0.1, -0.05) is 0 Å². The molecular formula is C24H30N7O3+. The molecule has 2 aromatic heterocycles. The van der Waals surface area contributed by atoms with Crippen LogP contribution in [0.3, 0.4) is 0 Å². The van der Waals surface area contributed by atoms with E-state index in [-0.39, 0.29) is 17.4 Å². The molecule has 10 heteroatoms. The second-order valence-corrected chi connectivity index (χ2v) is 10.1. The number of carbonyl (C=O) groups is 2. The lowest BCUT2D eigenvalue weighted by Crippen LogP contribution is -2.60. The maximum absolute atomic E-state index is 13.3. The third kappa shape index (κ3) is 4.16. The second kappa shape index (κ2) is 7.98. The van der Waals surface area contributed by atoms with Crippen molar-refractivity contribution >= 4 is 28.8 Å². The Bertz CT molecular complexity index is 1270. The number of likely N-dealkylation sites (N-methyl/N-ethyl adjacent to an activating group) is 1. The van der Waals surface area contributed by atoms with Crippen LogP contribution in [0.2, 0.25) is 0 Å². The van der Waals surface area contributed by atoms with Crippen LogP contribution in [0.25, 0.3) is 5.65 Å². The van der Waals surface area contributed by atoms with E-state index in [4.69, 9.17) is 10.5 Å². The fourth-order valence-electron chi connectivity index (χ4n) is 4.90. The minimum Gasteiger partial charge on any atom is -0.487 e. The Morgan fingerprint density at radius 1 is 1.26 bits per heavy atom. The Labute approximate surface area is 197 Å². The van der Waals surface area contributed by atoms with E-state index >= 15 is 0 Å². The van der Waals surface area contributed by atoms with E-state index < -0.39 is 0 Å². The van der Waals surface area contributed by atoms with Crippen molar-refractivity contribution in [2.75, 3.05) is 50.0 Å². The topological polar surface area (TPSA) is 115 Å². The molecule has 4 heterocycles. The molecule has 0 aliphatic carbocycles. The fraction of sp³-hybridized carbons (Fsp3) is 0.417. The van der Waals surface area contributed by atoms with Crippen LogP contribution in [-0.2, 0) is 11.2 Å². The van der Waals surface area contributed by atoms with E-state index in [9.17, 15) is 9.59 Å². The molecule has 0 spiro atoms. The largest absolute Gasteiger partial charge is 0.487 e. The predicted molar refractivity (Wildman–Crippen MR) is 128 cm³/mol. The van der Waals surface area contributed by atoms with Crippen LogP contribution in [0.1, 0.15) is 29.8 Å². The molecule has 178 valence electrons. The maximum atomic E-state index is 13.3. The molecule has 0 radical (unpaired) electrons. The number of amides is 2. The highest BCUT2D eigenvalue weighted by Gasteiger charge is 2.35. The zero-order chi connectivity index (χ0) is 24.1. The van der Waals surface area contributed by atoms with Crippen molar-refractivity contribution in [1.82, 2.24) is 14.6 Å². The van der Waals surface area contributed by atoms with Gasteiger partial charge in [-0.25, -0.2) is 9.50 Å². The van der Waals surface area contributed by atoms with Crippen molar-refractivity contribution < 1.29 is 18.8 Å². The Balaban J connectivity index is 1.46. The number of fused-ring (bicyclic) bond motifs is 2. The van der Waals surface area contributed by atoms with Gasteiger partial charge in [0.05, 0.1) is 50.8 Å². The third-order valence-corrected chi connectivity index (χ3v) is 6.65. The molecule has 0 unspecified atom stereocenters. The number of nitrogens with two attached hydrogens (primary N) is 1. The van der Waals surface area contributed by atoms with Gasteiger partial charge in [-0.2, -0.15) is 5.10 Å². The van der Waals surface area contributed by atoms with E-state index in [1.54, 1.807) is 23.0 Å². The molecule has 1 fully saturated rings. The smallest absolute Gasteiger partial charge is 0.272 e. The Morgan fingerprint density at radius 2 is 2.03 bits per heavy atom. The van der Waals surface area contributed by atoms with Gasteiger partial charge < -0.3 is 25.2 Å². The number of hydrogen-bond acceptors (Lipinski definition) is 6. The molecule has 2 aliphatic rings. The van der Waals surface area contributed by atoms with Crippen molar-refractivity contribution in [3.8, 4) is 5.75 Å². The summed E-state index contributed by atoms with van der Waals surface area (Å²) in [6.07, 6.45) is 5.69. The van der Waals surface area contributed by atoms with Gasteiger partial charge in [0.15, 0.2) is 12.2 Å². The number of nitrogens with zero attached hydrogens (tertiary/aromatic N) is 5. The molecule has 0 atom stereocenters. The molecule has 1 aromatic carbocycles. The number of hydrogen-bond donors (Lipinski definition) is 2. The van der Waals surface area contributed by atoms with Crippen molar-refractivity contribution in [2.45, 2.75) is 25.9 Å². The summed E-state index contributed by atoms with van der Waals surface area (Å²) in [5.41, 5.74) is 8.77. The molecule has 0 saturated carbocycles. The number of quaternary nitrogens is 1. The normalized spacial score (nSPS) is 18.4. The first-order valence-electron chi connectivity index (χ1n) is 11.4. The summed E-state index contributed by atoms with van der Waals surface area (Å²) in [6.45, 7) is 7.45. The van der Waals surface area contributed by atoms with Crippen LogP contribution in [-0.4, -0.2) is 76.3 Å². The molecule has 5 rings (SSSR count). The van der Waals surface area contributed by atoms with Crippen LogP contribution in [0.4, 0.5) is 11.4 Å². The first-order valence-corrected chi connectivity index (χ1v) is 11.4. The molecule has 3 N–H and O–H groups in total. The lowest BCUT2D eigenvalue weighted by molar-refractivity contribution is -0.902. The van der Waals surface area contributed by atoms with Crippen LogP contribution in [0, 0.1) is 0 Å². The molecular weight excluding hydrogens is 434 g/mol. The summed E-state index contributed by atoms with van der Waals surface area (Å²) in [5.74, 6) is 0.286. The number of aromatic nitrogens is 3. The lowest BCUT2D eigenvalue weighted by atomic mass is 10.0. The Hall–Kier alpha value is -3.66. The third-order valence-electron chi connectivity index (χ3n) is 6.65. The maximum Gasteiger partial charge on any atom is 0.272 e. The number of nitrogens with one attached hydrogen (secondary N) is 1. The average Bonchev–Trinajstić information content (AvgIpc) is 3.32. The van der Waals surface area contributed by atoms with Crippen LogP contribution in [0.15, 0.2) is 36.8 Å². The minimum atomic E-state index is -0.298. The number of benzene rings is 1. The molecule has 34 heavy (non-hydrogen) atoms. The summed E-state index contributed by atoms with van der Waals surface area (Å²) >= 11 is 0. The number of anilines is 2. The van der Waals surface area contributed by atoms with E-state index in [1.165, 1.54) is 6.20 Å². The number of rotatable bonds is 5. The van der Waals surface area contributed by atoms with Gasteiger partial charge in [-0.3, -0.25) is 9.59 Å². The fourth-order valence-corrected chi connectivity index (χ4v) is 4.90. The number of carbonyl (C=O) groups excluding carboxylic acids is 2. The van der Waals surface area contributed by atoms with Crippen LogP contribution in [0.5, 0.6) is 5.75 Å². The number of piperazine rings is 1. The molecule has 2 aliphatic heterocycles. The van der Waals surface area contributed by atoms with E-state index in [0.717, 1.165) is 55.3 Å².